The number of H-pyrrole nitrogens is 1. The number of piperazine rings is 1. The molecule has 0 amide bonds. The highest BCUT2D eigenvalue weighted by Gasteiger charge is 2.25. The van der Waals surface area contributed by atoms with E-state index in [1.807, 2.05) is 13.0 Å². The van der Waals surface area contributed by atoms with E-state index in [1.54, 1.807) is 0 Å². The number of aryl methyl sites for hydroxylation is 1. The minimum Gasteiger partial charge on any atom is -0.369 e. The van der Waals surface area contributed by atoms with E-state index in [0.29, 0.717) is 11.9 Å². The lowest BCUT2D eigenvalue weighted by Gasteiger charge is -2.34. The Labute approximate surface area is 176 Å². The Morgan fingerprint density at radius 3 is 2.43 bits per heavy atom. The fourth-order valence-corrected chi connectivity index (χ4v) is 3.77. The van der Waals surface area contributed by atoms with Crippen molar-refractivity contribution in [3.05, 3.63) is 47.8 Å². The lowest BCUT2D eigenvalue weighted by atomic mass is 10.2. The molecule has 0 bridgehead atoms. The number of anilines is 5. The second kappa shape index (κ2) is 7.95. The number of rotatable bonds is 6. The van der Waals surface area contributed by atoms with Gasteiger partial charge in [-0.2, -0.15) is 10.1 Å². The molecule has 0 atom stereocenters. The maximum atomic E-state index is 4.61. The average molecular weight is 405 g/mol. The highest BCUT2D eigenvalue weighted by Crippen LogP contribution is 2.39. The third kappa shape index (κ3) is 4.38. The molecular formula is C22H28N8. The van der Waals surface area contributed by atoms with Crippen LogP contribution in [0.3, 0.4) is 0 Å². The summed E-state index contributed by atoms with van der Waals surface area (Å²) in [6.07, 6.45) is 2.49. The molecule has 156 valence electrons. The van der Waals surface area contributed by atoms with Crippen LogP contribution in [-0.4, -0.2) is 58.3 Å². The fraction of sp³-hybridized carbons (Fsp3) is 0.409. The molecule has 1 aliphatic carbocycles. The largest absolute Gasteiger partial charge is 0.369 e. The van der Waals surface area contributed by atoms with Crippen LogP contribution < -0.4 is 15.5 Å². The standard InChI is InChI=1S/C22H28N8/c1-15-13-20(25-21-14-19(27-28-21)16-3-4-16)26-22(23-15)24-17-5-7-18(8-6-17)30-11-9-29(2)10-12-30/h5-8,13-14,16H,3-4,9-12H2,1-2H3,(H3,23,24,25,26,27,28). The Hall–Kier alpha value is -3.13. The number of benzene rings is 1. The summed E-state index contributed by atoms with van der Waals surface area (Å²) in [5.74, 6) is 2.74. The molecule has 1 aliphatic heterocycles. The molecule has 2 aromatic heterocycles. The number of hydrogen-bond acceptors (Lipinski definition) is 7. The molecule has 0 radical (unpaired) electrons. The number of aromatic amines is 1. The van der Waals surface area contributed by atoms with Gasteiger partial charge in [0.1, 0.15) is 5.82 Å². The van der Waals surface area contributed by atoms with Gasteiger partial charge in [0.05, 0.1) is 0 Å². The van der Waals surface area contributed by atoms with E-state index < -0.39 is 0 Å². The molecule has 8 heteroatoms. The quantitative estimate of drug-likeness (QED) is 0.578. The maximum Gasteiger partial charge on any atom is 0.229 e. The first-order chi connectivity index (χ1) is 14.6. The van der Waals surface area contributed by atoms with Crippen LogP contribution in [-0.2, 0) is 0 Å². The van der Waals surface area contributed by atoms with Crippen molar-refractivity contribution in [2.45, 2.75) is 25.7 Å². The van der Waals surface area contributed by atoms with Crippen molar-refractivity contribution in [2.75, 3.05) is 48.8 Å². The van der Waals surface area contributed by atoms with E-state index in [2.05, 4.69) is 78.0 Å². The summed E-state index contributed by atoms with van der Waals surface area (Å²) in [6, 6.07) is 12.5. The Morgan fingerprint density at radius 2 is 1.70 bits per heavy atom. The minimum absolute atomic E-state index is 0.572. The molecule has 2 fully saturated rings. The van der Waals surface area contributed by atoms with E-state index in [1.165, 1.54) is 24.2 Å². The van der Waals surface area contributed by atoms with Gasteiger partial charge in [-0.05, 0) is 51.1 Å². The molecule has 1 saturated heterocycles. The van der Waals surface area contributed by atoms with Crippen LogP contribution in [0, 0.1) is 6.92 Å². The first kappa shape index (κ1) is 18.9. The van der Waals surface area contributed by atoms with Crippen molar-refractivity contribution in [2.24, 2.45) is 0 Å². The van der Waals surface area contributed by atoms with Crippen LogP contribution in [0.4, 0.5) is 29.0 Å². The van der Waals surface area contributed by atoms with Crippen LogP contribution in [0.5, 0.6) is 0 Å². The molecule has 30 heavy (non-hydrogen) atoms. The Balaban J connectivity index is 1.26. The molecule has 1 aromatic carbocycles. The Morgan fingerprint density at radius 1 is 0.933 bits per heavy atom. The zero-order chi connectivity index (χ0) is 20.5. The summed E-state index contributed by atoms with van der Waals surface area (Å²) in [5, 5.41) is 14.1. The van der Waals surface area contributed by atoms with Gasteiger partial charge < -0.3 is 20.4 Å². The lowest BCUT2D eigenvalue weighted by Crippen LogP contribution is -2.44. The molecular weight excluding hydrogens is 376 g/mol. The monoisotopic (exact) mass is 404 g/mol. The van der Waals surface area contributed by atoms with Gasteiger partial charge in [0.2, 0.25) is 5.95 Å². The first-order valence-electron chi connectivity index (χ1n) is 10.6. The van der Waals surface area contributed by atoms with Gasteiger partial charge in [-0.15, -0.1) is 0 Å². The fourth-order valence-electron chi connectivity index (χ4n) is 3.77. The summed E-state index contributed by atoms with van der Waals surface area (Å²) in [4.78, 5) is 13.9. The normalized spacial score (nSPS) is 17.2. The molecule has 3 aromatic rings. The Kier molecular flexibility index (Phi) is 5.00. The van der Waals surface area contributed by atoms with Crippen LogP contribution in [0.1, 0.15) is 30.1 Å². The first-order valence-corrected chi connectivity index (χ1v) is 10.6. The number of aromatic nitrogens is 4. The molecule has 3 heterocycles. The second-order valence-electron chi connectivity index (χ2n) is 8.29. The summed E-state index contributed by atoms with van der Waals surface area (Å²) in [7, 11) is 2.17. The summed E-state index contributed by atoms with van der Waals surface area (Å²) >= 11 is 0. The highest BCUT2D eigenvalue weighted by atomic mass is 15.2. The smallest absolute Gasteiger partial charge is 0.229 e. The third-order valence-electron chi connectivity index (χ3n) is 5.72. The molecule has 0 unspecified atom stereocenters. The second-order valence-corrected chi connectivity index (χ2v) is 8.29. The zero-order valence-corrected chi connectivity index (χ0v) is 17.5. The summed E-state index contributed by atoms with van der Waals surface area (Å²) in [5.41, 5.74) is 4.32. The third-order valence-corrected chi connectivity index (χ3v) is 5.72. The predicted molar refractivity (Wildman–Crippen MR) is 120 cm³/mol. The maximum absolute atomic E-state index is 4.61. The van der Waals surface area contributed by atoms with Crippen molar-refractivity contribution in [3.8, 4) is 0 Å². The van der Waals surface area contributed by atoms with E-state index in [-0.39, 0.29) is 0 Å². The topological polar surface area (TPSA) is 85.0 Å². The number of nitrogens with one attached hydrogen (secondary N) is 3. The number of hydrogen-bond donors (Lipinski definition) is 3. The van der Waals surface area contributed by atoms with Crippen molar-refractivity contribution >= 4 is 29.0 Å². The van der Waals surface area contributed by atoms with Crippen LogP contribution in [0.2, 0.25) is 0 Å². The number of likely N-dealkylation sites (N-methyl/N-ethyl adjacent to an activating group) is 1. The molecule has 1 saturated carbocycles. The minimum atomic E-state index is 0.572. The van der Waals surface area contributed by atoms with Crippen molar-refractivity contribution in [1.29, 1.82) is 0 Å². The van der Waals surface area contributed by atoms with Crippen molar-refractivity contribution in [3.63, 3.8) is 0 Å². The van der Waals surface area contributed by atoms with E-state index >= 15 is 0 Å². The van der Waals surface area contributed by atoms with Crippen molar-refractivity contribution in [1.82, 2.24) is 25.1 Å². The summed E-state index contributed by atoms with van der Waals surface area (Å²) < 4.78 is 0. The van der Waals surface area contributed by atoms with Crippen LogP contribution in [0.15, 0.2) is 36.4 Å². The van der Waals surface area contributed by atoms with Gasteiger partial charge >= 0.3 is 0 Å². The molecule has 0 spiro atoms. The van der Waals surface area contributed by atoms with E-state index in [4.69, 9.17) is 0 Å². The van der Waals surface area contributed by atoms with Gasteiger partial charge in [-0.25, -0.2) is 4.98 Å². The molecule has 3 N–H and O–H groups in total. The SMILES string of the molecule is Cc1cc(Nc2cc(C3CC3)[nH]n2)nc(Nc2ccc(N3CCN(C)CC3)cc2)n1. The predicted octanol–water partition coefficient (Wildman–Crippen LogP) is 3.62. The molecule has 2 aliphatic rings. The number of nitrogens with zero attached hydrogens (tertiary/aromatic N) is 5. The Bertz CT molecular complexity index is 1000. The zero-order valence-electron chi connectivity index (χ0n) is 17.5. The average Bonchev–Trinajstić information content (AvgIpc) is 3.48. The van der Waals surface area contributed by atoms with Gasteiger partial charge in [0.15, 0.2) is 5.82 Å². The van der Waals surface area contributed by atoms with Gasteiger partial charge in [-0.1, -0.05) is 0 Å². The lowest BCUT2D eigenvalue weighted by molar-refractivity contribution is 0.313. The molecule has 8 nitrogen and oxygen atoms in total. The van der Waals surface area contributed by atoms with Gasteiger partial charge in [-0.3, -0.25) is 5.10 Å². The van der Waals surface area contributed by atoms with Gasteiger partial charge in [0.25, 0.3) is 0 Å². The summed E-state index contributed by atoms with van der Waals surface area (Å²) in [6.45, 7) is 6.30. The van der Waals surface area contributed by atoms with E-state index in [9.17, 15) is 0 Å². The van der Waals surface area contributed by atoms with Gasteiger partial charge in [0, 0.05) is 67.0 Å². The van der Waals surface area contributed by atoms with Crippen LogP contribution in [0.25, 0.3) is 0 Å². The molecule has 5 rings (SSSR count). The highest BCUT2D eigenvalue weighted by molar-refractivity contribution is 5.61. The van der Waals surface area contributed by atoms with E-state index in [0.717, 1.165) is 49.2 Å². The van der Waals surface area contributed by atoms with Crippen LogP contribution >= 0.6 is 0 Å². The van der Waals surface area contributed by atoms with Crippen molar-refractivity contribution < 1.29 is 0 Å².